The van der Waals surface area contributed by atoms with Gasteiger partial charge in [0.05, 0.1) is 0 Å². The molecule has 0 aliphatic carbocycles. The van der Waals surface area contributed by atoms with Gasteiger partial charge in [-0.3, -0.25) is 9.59 Å². The summed E-state index contributed by atoms with van der Waals surface area (Å²) >= 11 is 0. The van der Waals surface area contributed by atoms with Gasteiger partial charge in [-0.2, -0.15) is 0 Å². The minimum atomic E-state index is -0.865. The lowest BCUT2D eigenvalue weighted by Crippen LogP contribution is -2.55. The van der Waals surface area contributed by atoms with E-state index in [1.165, 1.54) is 6.42 Å². The lowest BCUT2D eigenvalue weighted by molar-refractivity contribution is -0.143. The molecule has 0 aliphatic heterocycles. The number of nitrogens with zero attached hydrogens (tertiary/aromatic N) is 1. The fourth-order valence-electron chi connectivity index (χ4n) is 4.79. The number of hydrogen-bond donors (Lipinski definition) is 2. The number of alkyl carbamates (subject to hydrolysis) is 1. The maximum Gasteiger partial charge on any atom is 0.408 e. The molecule has 0 saturated carbocycles. The van der Waals surface area contributed by atoms with Crippen LogP contribution in [0.2, 0.25) is 0 Å². The number of ether oxygens (including phenoxy) is 1. The maximum absolute atomic E-state index is 14.4. The number of rotatable bonds is 17. The van der Waals surface area contributed by atoms with Gasteiger partial charge in [0, 0.05) is 18.2 Å². The molecule has 1 aromatic carbocycles. The quantitative estimate of drug-likeness (QED) is 0.154. The van der Waals surface area contributed by atoms with Crippen molar-refractivity contribution >= 4 is 17.9 Å². The summed E-state index contributed by atoms with van der Waals surface area (Å²) in [7, 11) is 0. The van der Waals surface area contributed by atoms with E-state index in [-0.39, 0.29) is 23.8 Å². The predicted molar refractivity (Wildman–Crippen MR) is 167 cm³/mol. The van der Waals surface area contributed by atoms with Crippen LogP contribution in [-0.2, 0) is 14.3 Å². The Balaban J connectivity index is 3.52. The average molecular weight is 570 g/mol. The van der Waals surface area contributed by atoms with Gasteiger partial charge in [0.25, 0.3) is 0 Å². The standard InChI is InChI=1S/C34H55N3O4/c1-10-14-15-16-17-18-24-37(32(39)29(25(5)12-3)36-33(40)41-34(7,8)9)30(31(38)35-26(6)19-11-2)28-22-20-27(13-4)21-23-28/h4,20-23,25-26,29-30H,10-12,14-19,24H2,1-3,5-9H3,(H,35,38)(H,36,40). The summed E-state index contributed by atoms with van der Waals surface area (Å²) in [6.07, 6.45) is 13.6. The number of carbonyl (C=O) groups is 3. The highest BCUT2D eigenvalue weighted by Crippen LogP contribution is 2.26. The summed E-state index contributed by atoms with van der Waals surface area (Å²) in [5, 5.41) is 5.97. The molecule has 0 heterocycles. The van der Waals surface area contributed by atoms with E-state index in [2.05, 4.69) is 30.4 Å². The molecule has 4 atom stereocenters. The first kappa shape index (κ1) is 36.0. The molecule has 3 amide bonds. The van der Waals surface area contributed by atoms with Gasteiger partial charge in [-0.15, -0.1) is 6.42 Å². The van der Waals surface area contributed by atoms with Crippen LogP contribution in [0.1, 0.15) is 130 Å². The second kappa shape index (κ2) is 18.4. The molecule has 7 heteroatoms. The summed E-state index contributed by atoms with van der Waals surface area (Å²) in [6.45, 7) is 15.9. The summed E-state index contributed by atoms with van der Waals surface area (Å²) < 4.78 is 5.51. The number of nitrogens with one attached hydrogen (secondary N) is 2. The van der Waals surface area contributed by atoms with Gasteiger partial charge >= 0.3 is 6.09 Å². The number of hydrogen-bond acceptors (Lipinski definition) is 4. The summed E-state index contributed by atoms with van der Waals surface area (Å²) in [4.78, 5) is 42.8. The van der Waals surface area contributed by atoms with E-state index < -0.39 is 23.8 Å². The molecule has 0 radical (unpaired) electrons. The van der Waals surface area contributed by atoms with E-state index in [9.17, 15) is 14.4 Å². The van der Waals surface area contributed by atoms with E-state index in [1.807, 2.05) is 32.9 Å². The van der Waals surface area contributed by atoms with Gasteiger partial charge in [-0.05, 0) is 64.2 Å². The molecule has 1 aromatic rings. The van der Waals surface area contributed by atoms with Crippen molar-refractivity contribution in [3.63, 3.8) is 0 Å². The van der Waals surface area contributed by atoms with Crippen LogP contribution in [0.25, 0.3) is 0 Å². The SMILES string of the molecule is C#Cc1ccc(C(C(=O)NC(C)CCC)N(CCCCCCCC)C(=O)C(NC(=O)OC(C)(C)C)C(C)CC)cc1. The van der Waals surface area contributed by atoms with Crippen molar-refractivity contribution in [1.29, 1.82) is 0 Å². The van der Waals surface area contributed by atoms with Crippen LogP contribution in [0.15, 0.2) is 24.3 Å². The number of benzene rings is 1. The summed E-state index contributed by atoms with van der Waals surface area (Å²) in [5.74, 6) is 1.92. The molecular weight excluding hydrogens is 514 g/mol. The van der Waals surface area contributed by atoms with Crippen LogP contribution in [0, 0.1) is 18.3 Å². The largest absolute Gasteiger partial charge is 0.444 e. The van der Waals surface area contributed by atoms with Crippen molar-refractivity contribution in [3.8, 4) is 12.3 Å². The van der Waals surface area contributed by atoms with Gasteiger partial charge in [-0.25, -0.2) is 4.79 Å². The Morgan fingerprint density at radius 2 is 1.54 bits per heavy atom. The van der Waals surface area contributed by atoms with Crippen molar-refractivity contribution in [1.82, 2.24) is 15.5 Å². The molecule has 1 rings (SSSR count). The van der Waals surface area contributed by atoms with E-state index >= 15 is 0 Å². The first-order valence-corrected chi connectivity index (χ1v) is 15.5. The topological polar surface area (TPSA) is 87.7 Å². The highest BCUT2D eigenvalue weighted by molar-refractivity contribution is 5.92. The molecule has 230 valence electrons. The third kappa shape index (κ3) is 13.0. The minimum Gasteiger partial charge on any atom is -0.444 e. The Kier molecular flexibility index (Phi) is 16.2. The maximum atomic E-state index is 14.4. The second-order valence-electron chi connectivity index (χ2n) is 12.2. The third-order valence-corrected chi connectivity index (χ3v) is 7.25. The number of amides is 3. The Hall–Kier alpha value is -3.01. The van der Waals surface area contributed by atoms with Crippen LogP contribution < -0.4 is 10.6 Å². The van der Waals surface area contributed by atoms with Gasteiger partial charge in [0.2, 0.25) is 11.8 Å². The van der Waals surface area contributed by atoms with E-state index in [4.69, 9.17) is 11.2 Å². The molecule has 7 nitrogen and oxygen atoms in total. The zero-order valence-corrected chi connectivity index (χ0v) is 26.8. The van der Waals surface area contributed by atoms with Gasteiger partial charge < -0.3 is 20.3 Å². The summed E-state index contributed by atoms with van der Waals surface area (Å²) in [6, 6.07) is 5.49. The third-order valence-electron chi connectivity index (χ3n) is 7.25. The Labute approximate surface area is 249 Å². The minimum absolute atomic E-state index is 0.0452. The fraction of sp³-hybridized carbons (Fsp3) is 0.676. The van der Waals surface area contributed by atoms with Crippen molar-refractivity contribution in [2.24, 2.45) is 5.92 Å². The zero-order valence-electron chi connectivity index (χ0n) is 26.8. The monoisotopic (exact) mass is 569 g/mol. The number of unbranched alkanes of at least 4 members (excludes halogenated alkanes) is 5. The number of carbonyl (C=O) groups excluding carboxylic acids is 3. The van der Waals surface area contributed by atoms with Gasteiger partial charge in [0.1, 0.15) is 17.7 Å². The van der Waals surface area contributed by atoms with Crippen LogP contribution in [-0.4, -0.2) is 47.0 Å². The zero-order chi connectivity index (χ0) is 31.0. The van der Waals surface area contributed by atoms with Crippen LogP contribution in [0.3, 0.4) is 0 Å². The average Bonchev–Trinajstić information content (AvgIpc) is 2.91. The Bertz CT molecular complexity index is 977. The van der Waals surface area contributed by atoms with Crippen molar-refractivity contribution < 1.29 is 19.1 Å². The highest BCUT2D eigenvalue weighted by Gasteiger charge is 2.38. The first-order valence-electron chi connectivity index (χ1n) is 15.5. The van der Waals surface area contributed by atoms with Crippen LogP contribution in [0.4, 0.5) is 4.79 Å². The molecule has 0 spiro atoms. The normalized spacial score (nSPS) is 14.2. The molecule has 0 aromatic heterocycles. The summed E-state index contributed by atoms with van der Waals surface area (Å²) in [5.41, 5.74) is 0.678. The van der Waals surface area contributed by atoms with Gasteiger partial charge in [0.15, 0.2) is 0 Å². The number of terminal acetylenes is 1. The fourth-order valence-corrected chi connectivity index (χ4v) is 4.79. The predicted octanol–water partition coefficient (Wildman–Crippen LogP) is 7.14. The molecule has 2 N–H and O–H groups in total. The van der Waals surface area contributed by atoms with Gasteiger partial charge in [-0.1, -0.05) is 90.7 Å². The van der Waals surface area contributed by atoms with Crippen molar-refractivity contribution in [2.45, 2.75) is 137 Å². The second-order valence-corrected chi connectivity index (χ2v) is 12.2. The van der Waals surface area contributed by atoms with E-state index in [0.29, 0.717) is 24.1 Å². The lowest BCUT2D eigenvalue weighted by atomic mass is 9.95. The van der Waals surface area contributed by atoms with Crippen molar-refractivity contribution in [3.05, 3.63) is 35.4 Å². The van der Waals surface area contributed by atoms with Crippen molar-refractivity contribution in [2.75, 3.05) is 6.54 Å². The van der Waals surface area contributed by atoms with Crippen LogP contribution >= 0.6 is 0 Å². The molecule has 41 heavy (non-hydrogen) atoms. The van der Waals surface area contributed by atoms with E-state index in [0.717, 1.165) is 44.9 Å². The Morgan fingerprint density at radius 3 is 2.07 bits per heavy atom. The molecular formula is C34H55N3O4. The molecule has 0 aliphatic rings. The molecule has 0 bridgehead atoms. The smallest absolute Gasteiger partial charge is 0.408 e. The molecule has 0 fully saturated rings. The van der Waals surface area contributed by atoms with E-state index in [1.54, 1.807) is 37.8 Å². The molecule has 4 unspecified atom stereocenters. The molecule has 0 saturated heterocycles. The Morgan fingerprint density at radius 1 is 0.927 bits per heavy atom. The highest BCUT2D eigenvalue weighted by atomic mass is 16.6. The first-order chi connectivity index (χ1) is 19.4. The van der Waals surface area contributed by atoms with Crippen LogP contribution in [0.5, 0.6) is 0 Å². The lowest BCUT2D eigenvalue weighted by Gasteiger charge is -2.36.